The molecular formula is C17H19NO4. The Morgan fingerprint density at radius 2 is 1.73 bits per heavy atom. The molecule has 2 rings (SSSR count). The summed E-state index contributed by atoms with van der Waals surface area (Å²) < 4.78 is 15.9. The molecule has 116 valence electrons. The predicted molar refractivity (Wildman–Crippen MR) is 84.7 cm³/mol. The average molecular weight is 301 g/mol. The highest BCUT2D eigenvalue weighted by molar-refractivity contribution is 5.92. The molecule has 0 unspecified atom stereocenters. The van der Waals surface area contributed by atoms with Gasteiger partial charge in [0.1, 0.15) is 17.2 Å². The van der Waals surface area contributed by atoms with Gasteiger partial charge in [-0.25, -0.2) is 0 Å². The van der Waals surface area contributed by atoms with E-state index in [1.165, 1.54) is 0 Å². The first-order chi connectivity index (χ1) is 10.7. The molecule has 0 aromatic heterocycles. The van der Waals surface area contributed by atoms with E-state index < -0.39 is 0 Å². The predicted octanol–water partition coefficient (Wildman–Crippen LogP) is 3.11. The fourth-order valence-corrected chi connectivity index (χ4v) is 1.85. The fraction of sp³-hybridized carbons (Fsp3) is 0.235. The normalized spacial score (nSPS) is 9.91. The third kappa shape index (κ3) is 4.70. The molecule has 2 aromatic rings. The number of anilines is 1. The minimum Gasteiger partial charge on any atom is -0.497 e. The van der Waals surface area contributed by atoms with Crippen molar-refractivity contribution in [2.75, 3.05) is 25.6 Å². The molecule has 0 aliphatic rings. The lowest BCUT2D eigenvalue weighted by atomic mass is 10.3. The van der Waals surface area contributed by atoms with E-state index in [-0.39, 0.29) is 12.5 Å². The molecule has 5 heteroatoms. The smallest absolute Gasteiger partial charge is 0.262 e. The van der Waals surface area contributed by atoms with Crippen molar-refractivity contribution in [1.82, 2.24) is 0 Å². The number of ether oxygens (including phenoxy) is 3. The van der Waals surface area contributed by atoms with Gasteiger partial charge in [-0.3, -0.25) is 4.79 Å². The van der Waals surface area contributed by atoms with E-state index in [2.05, 4.69) is 5.32 Å². The van der Waals surface area contributed by atoms with Crippen molar-refractivity contribution in [3.63, 3.8) is 0 Å². The minimum absolute atomic E-state index is 0.0643. The van der Waals surface area contributed by atoms with Crippen molar-refractivity contribution in [1.29, 1.82) is 0 Å². The summed E-state index contributed by atoms with van der Waals surface area (Å²) in [4.78, 5) is 11.9. The monoisotopic (exact) mass is 301 g/mol. The quantitative estimate of drug-likeness (QED) is 0.853. The molecule has 0 saturated carbocycles. The van der Waals surface area contributed by atoms with E-state index in [1.807, 2.05) is 19.1 Å². The number of nitrogens with one attached hydrogen (secondary N) is 1. The van der Waals surface area contributed by atoms with E-state index in [0.717, 1.165) is 11.5 Å². The van der Waals surface area contributed by atoms with Gasteiger partial charge >= 0.3 is 0 Å². The van der Waals surface area contributed by atoms with Crippen molar-refractivity contribution in [3.8, 4) is 17.2 Å². The highest BCUT2D eigenvalue weighted by atomic mass is 16.5. The maximum Gasteiger partial charge on any atom is 0.262 e. The standard InChI is InChI=1S/C17H19NO4/c1-3-21-16-6-4-5-13(11-16)18-17(19)12-22-15-9-7-14(20-2)8-10-15/h4-11H,3,12H2,1-2H3,(H,18,19). The van der Waals surface area contributed by atoms with Gasteiger partial charge in [0.2, 0.25) is 0 Å². The van der Waals surface area contributed by atoms with Crippen LogP contribution in [0.3, 0.4) is 0 Å². The van der Waals surface area contributed by atoms with Crippen LogP contribution in [0.2, 0.25) is 0 Å². The van der Waals surface area contributed by atoms with Gasteiger partial charge in [0, 0.05) is 11.8 Å². The number of benzene rings is 2. The first-order valence-electron chi connectivity index (χ1n) is 7.01. The van der Waals surface area contributed by atoms with Gasteiger partial charge in [0.05, 0.1) is 13.7 Å². The molecule has 0 atom stereocenters. The second-order valence-electron chi connectivity index (χ2n) is 4.47. The van der Waals surface area contributed by atoms with Crippen LogP contribution in [-0.4, -0.2) is 26.2 Å². The zero-order valence-corrected chi connectivity index (χ0v) is 12.7. The molecule has 0 bridgehead atoms. The van der Waals surface area contributed by atoms with Gasteiger partial charge in [-0.05, 0) is 43.3 Å². The molecule has 0 aliphatic heterocycles. The van der Waals surface area contributed by atoms with E-state index in [0.29, 0.717) is 18.0 Å². The van der Waals surface area contributed by atoms with Crippen LogP contribution in [-0.2, 0) is 4.79 Å². The lowest BCUT2D eigenvalue weighted by molar-refractivity contribution is -0.118. The molecule has 2 aromatic carbocycles. The Hall–Kier alpha value is -2.69. The lowest BCUT2D eigenvalue weighted by Gasteiger charge is -2.09. The summed E-state index contributed by atoms with van der Waals surface area (Å²) in [6.07, 6.45) is 0. The van der Waals surface area contributed by atoms with Gasteiger partial charge < -0.3 is 19.5 Å². The summed E-state index contributed by atoms with van der Waals surface area (Å²) in [7, 11) is 1.60. The Morgan fingerprint density at radius 1 is 1.00 bits per heavy atom. The van der Waals surface area contributed by atoms with Crippen LogP contribution < -0.4 is 19.5 Å². The number of carbonyl (C=O) groups excluding carboxylic acids is 1. The number of hydrogen-bond donors (Lipinski definition) is 1. The minimum atomic E-state index is -0.232. The van der Waals surface area contributed by atoms with E-state index in [4.69, 9.17) is 14.2 Å². The van der Waals surface area contributed by atoms with Gasteiger partial charge in [-0.2, -0.15) is 0 Å². The molecule has 5 nitrogen and oxygen atoms in total. The highest BCUT2D eigenvalue weighted by Gasteiger charge is 2.05. The van der Waals surface area contributed by atoms with Crippen LogP contribution in [0.1, 0.15) is 6.92 Å². The Bertz CT molecular complexity index is 610. The third-order valence-electron chi connectivity index (χ3n) is 2.86. The Kier molecular flexibility index (Phi) is 5.65. The second kappa shape index (κ2) is 7.93. The number of rotatable bonds is 7. The SMILES string of the molecule is CCOc1cccc(NC(=O)COc2ccc(OC)cc2)c1. The molecule has 0 saturated heterocycles. The van der Waals surface area contributed by atoms with Crippen molar-refractivity contribution < 1.29 is 19.0 Å². The van der Waals surface area contributed by atoms with Crippen molar-refractivity contribution in [2.45, 2.75) is 6.92 Å². The molecular weight excluding hydrogens is 282 g/mol. The van der Waals surface area contributed by atoms with Gasteiger partial charge in [0.25, 0.3) is 5.91 Å². The highest BCUT2D eigenvalue weighted by Crippen LogP contribution is 2.18. The summed E-state index contributed by atoms with van der Waals surface area (Å²) in [6.45, 7) is 2.43. The topological polar surface area (TPSA) is 56.8 Å². The largest absolute Gasteiger partial charge is 0.497 e. The summed E-state index contributed by atoms with van der Waals surface area (Å²) >= 11 is 0. The molecule has 0 spiro atoms. The number of carbonyl (C=O) groups is 1. The molecule has 0 heterocycles. The van der Waals surface area contributed by atoms with E-state index in [1.54, 1.807) is 43.5 Å². The molecule has 0 aliphatic carbocycles. The first-order valence-corrected chi connectivity index (χ1v) is 7.01. The maximum absolute atomic E-state index is 11.9. The fourth-order valence-electron chi connectivity index (χ4n) is 1.85. The summed E-state index contributed by atoms with van der Waals surface area (Å²) in [5.41, 5.74) is 0.675. The van der Waals surface area contributed by atoms with Crippen LogP contribution in [0.25, 0.3) is 0 Å². The first kappa shape index (κ1) is 15.7. The number of methoxy groups -OCH3 is 1. The molecule has 22 heavy (non-hydrogen) atoms. The summed E-state index contributed by atoms with van der Waals surface area (Å²) in [6, 6.07) is 14.3. The van der Waals surface area contributed by atoms with Crippen LogP contribution in [0.4, 0.5) is 5.69 Å². The Morgan fingerprint density at radius 3 is 2.41 bits per heavy atom. The van der Waals surface area contributed by atoms with Crippen LogP contribution in [0, 0.1) is 0 Å². The average Bonchev–Trinajstić information content (AvgIpc) is 2.54. The van der Waals surface area contributed by atoms with Crippen molar-refractivity contribution in [3.05, 3.63) is 48.5 Å². The van der Waals surface area contributed by atoms with Crippen molar-refractivity contribution >= 4 is 11.6 Å². The zero-order chi connectivity index (χ0) is 15.8. The molecule has 1 amide bonds. The van der Waals surface area contributed by atoms with Gasteiger partial charge in [-0.1, -0.05) is 6.07 Å². The Balaban J connectivity index is 1.85. The molecule has 1 N–H and O–H groups in total. The molecule has 0 fully saturated rings. The van der Waals surface area contributed by atoms with Crippen LogP contribution in [0.5, 0.6) is 17.2 Å². The third-order valence-corrected chi connectivity index (χ3v) is 2.86. The van der Waals surface area contributed by atoms with Crippen LogP contribution >= 0.6 is 0 Å². The number of amides is 1. The van der Waals surface area contributed by atoms with Crippen LogP contribution in [0.15, 0.2) is 48.5 Å². The zero-order valence-electron chi connectivity index (χ0n) is 12.7. The van der Waals surface area contributed by atoms with Gasteiger partial charge in [0.15, 0.2) is 6.61 Å². The summed E-state index contributed by atoms with van der Waals surface area (Å²) in [5.74, 6) is 1.84. The Labute approximate surface area is 129 Å². The van der Waals surface area contributed by atoms with E-state index >= 15 is 0 Å². The van der Waals surface area contributed by atoms with Gasteiger partial charge in [-0.15, -0.1) is 0 Å². The van der Waals surface area contributed by atoms with Crippen molar-refractivity contribution in [2.24, 2.45) is 0 Å². The summed E-state index contributed by atoms with van der Waals surface area (Å²) in [5, 5.41) is 2.76. The molecule has 0 radical (unpaired) electrons. The lowest BCUT2D eigenvalue weighted by Crippen LogP contribution is -2.20. The maximum atomic E-state index is 11.9. The van der Waals surface area contributed by atoms with E-state index in [9.17, 15) is 4.79 Å². The second-order valence-corrected chi connectivity index (χ2v) is 4.47. The number of hydrogen-bond acceptors (Lipinski definition) is 4.